The van der Waals surface area contributed by atoms with Gasteiger partial charge in [0.15, 0.2) is 0 Å². The van der Waals surface area contributed by atoms with Crippen LogP contribution in [-0.4, -0.2) is 18.6 Å². The monoisotopic (exact) mass is 366 g/mol. The van der Waals surface area contributed by atoms with E-state index in [1.807, 2.05) is 7.05 Å². The summed E-state index contributed by atoms with van der Waals surface area (Å²) in [6.45, 7) is 7.59. The Morgan fingerprint density at radius 1 is 1.29 bits per heavy atom. The first-order chi connectivity index (χ1) is 9.91. The molecule has 2 rings (SSSR count). The van der Waals surface area contributed by atoms with Gasteiger partial charge in [-0.15, -0.1) is 11.3 Å². The molecule has 0 amide bonds. The maximum atomic E-state index is 4.83. The van der Waals surface area contributed by atoms with Crippen molar-refractivity contribution in [2.24, 2.45) is 0 Å². The number of hydrogen-bond acceptors (Lipinski definition) is 3. The molecule has 4 heteroatoms. The number of aromatic nitrogens is 1. The molecule has 0 spiro atoms. The summed E-state index contributed by atoms with van der Waals surface area (Å²) in [5.41, 5.74) is 2.66. The van der Waals surface area contributed by atoms with Gasteiger partial charge in [-0.25, -0.2) is 4.98 Å². The van der Waals surface area contributed by atoms with Crippen molar-refractivity contribution in [2.45, 2.75) is 38.5 Å². The molecule has 1 atom stereocenters. The van der Waals surface area contributed by atoms with Crippen LogP contribution in [0.3, 0.4) is 0 Å². The Balaban J connectivity index is 2.21. The second-order valence-corrected chi connectivity index (χ2v) is 8.15. The quantitative estimate of drug-likeness (QED) is 0.825. The largest absolute Gasteiger partial charge is 0.319 e. The minimum Gasteiger partial charge on any atom is -0.319 e. The lowest BCUT2D eigenvalue weighted by Crippen LogP contribution is -2.19. The van der Waals surface area contributed by atoms with E-state index < -0.39 is 0 Å². The average molecular weight is 367 g/mol. The molecule has 1 aromatic heterocycles. The van der Waals surface area contributed by atoms with Gasteiger partial charge in [-0.2, -0.15) is 0 Å². The zero-order valence-electron chi connectivity index (χ0n) is 13.1. The second kappa shape index (κ2) is 7.03. The highest BCUT2D eigenvalue weighted by molar-refractivity contribution is 9.10. The zero-order valence-corrected chi connectivity index (χ0v) is 15.5. The number of thiazole rings is 1. The number of nitrogens with zero attached hydrogens (tertiary/aromatic N) is 1. The lowest BCUT2D eigenvalue weighted by atomic mass is 9.93. The predicted molar refractivity (Wildman–Crippen MR) is 95.3 cm³/mol. The van der Waals surface area contributed by atoms with Gasteiger partial charge in [0.25, 0.3) is 0 Å². The Morgan fingerprint density at radius 3 is 2.57 bits per heavy atom. The molecule has 114 valence electrons. The molecule has 21 heavy (non-hydrogen) atoms. The first kappa shape index (κ1) is 16.7. The molecule has 0 radical (unpaired) electrons. The summed E-state index contributed by atoms with van der Waals surface area (Å²) in [5.74, 6) is 0.435. The SMILES string of the molecule is CNCC(Cc1nc(C(C)(C)C)cs1)c1ccccc1Br. The van der Waals surface area contributed by atoms with Crippen LogP contribution < -0.4 is 5.32 Å². The van der Waals surface area contributed by atoms with Crippen LogP contribution in [0.4, 0.5) is 0 Å². The van der Waals surface area contributed by atoms with Crippen LogP contribution in [0.1, 0.15) is 43.0 Å². The van der Waals surface area contributed by atoms with Crippen molar-refractivity contribution in [1.29, 1.82) is 0 Å². The molecule has 1 unspecified atom stereocenters. The normalized spacial score (nSPS) is 13.4. The van der Waals surface area contributed by atoms with Crippen molar-refractivity contribution in [2.75, 3.05) is 13.6 Å². The Bertz CT molecular complexity index is 586. The standard InChI is InChI=1S/C17H23BrN2S/c1-17(2,3)15-11-21-16(20-15)9-12(10-19-4)13-7-5-6-8-14(13)18/h5-8,11-12,19H,9-10H2,1-4H3. The van der Waals surface area contributed by atoms with Crippen LogP contribution in [0.2, 0.25) is 0 Å². The zero-order chi connectivity index (χ0) is 15.5. The van der Waals surface area contributed by atoms with Gasteiger partial charge in [0.1, 0.15) is 0 Å². The van der Waals surface area contributed by atoms with Crippen molar-refractivity contribution in [3.05, 3.63) is 50.4 Å². The van der Waals surface area contributed by atoms with E-state index in [-0.39, 0.29) is 5.41 Å². The van der Waals surface area contributed by atoms with Crippen LogP contribution in [0.25, 0.3) is 0 Å². The Kier molecular flexibility index (Phi) is 5.58. The first-order valence-corrected chi connectivity index (χ1v) is 8.93. The van der Waals surface area contributed by atoms with Crippen molar-refractivity contribution >= 4 is 27.3 Å². The van der Waals surface area contributed by atoms with Gasteiger partial charge in [-0.1, -0.05) is 54.9 Å². The van der Waals surface area contributed by atoms with Gasteiger partial charge in [0.05, 0.1) is 10.7 Å². The molecule has 1 aromatic carbocycles. The molecule has 0 saturated heterocycles. The van der Waals surface area contributed by atoms with E-state index in [0.29, 0.717) is 5.92 Å². The summed E-state index contributed by atoms with van der Waals surface area (Å²) >= 11 is 5.45. The fourth-order valence-corrected chi connectivity index (χ4v) is 4.02. The summed E-state index contributed by atoms with van der Waals surface area (Å²) in [6.07, 6.45) is 0.976. The van der Waals surface area contributed by atoms with E-state index in [1.165, 1.54) is 20.7 Å². The Morgan fingerprint density at radius 2 is 2.00 bits per heavy atom. The molecule has 2 aromatic rings. The first-order valence-electron chi connectivity index (χ1n) is 7.25. The molecule has 0 aliphatic rings. The van der Waals surface area contributed by atoms with Crippen molar-refractivity contribution < 1.29 is 0 Å². The van der Waals surface area contributed by atoms with Crippen LogP contribution in [0, 0.1) is 0 Å². The van der Waals surface area contributed by atoms with Gasteiger partial charge in [0, 0.05) is 34.2 Å². The molecule has 1 N–H and O–H groups in total. The molecule has 0 fully saturated rings. The lowest BCUT2D eigenvalue weighted by Gasteiger charge is -2.18. The van der Waals surface area contributed by atoms with Gasteiger partial charge in [-0.05, 0) is 18.7 Å². The third-order valence-corrected chi connectivity index (χ3v) is 5.13. The highest BCUT2D eigenvalue weighted by Gasteiger charge is 2.20. The lowest BCUT2D eigenvalue weighted by molar-refractivity contribution is 0.566. The van der Waals surface area contributed by atoms with Crippen molar-refractivity contribution in [3.8, 4) is 0 Å². The number of hydrogen-bond donors (Lipinski definition) is 1. The number of halogens is 1. The van der Waals surface area contributed by atoms with Gasteiger partial charge >= 0.3 is 0 Å². The molecule has 1 heterocycles. The fraction of sp³-hybridized carbons (Fsp3) is 0.471. The topological polar surface area (TPSA) is 24.9 Å². The summed E-state index contributed by atoms with van der Waals surface area (Å²) in [7, 11) is 2.01. The van der Waals surface area contributed by atoms with E-state index in [9.17, 15) is 0 Å². The summed E-state index contributed by atoms with van der Waals surface area (Å²) in [4.78, 5) is 4.83. The number of benzene rings is 1. The van der Waals surface area contributed by atoms with Crippen molar-refractivity contribution in [1.82, 2.24) is 10.3 Å². The molecule has 0 bridgehead atoms. The molecule has 2 nitrogen and oxygen atoms in total. The highest BCUT2D eigenvalue weighted by atomic mass is 79.9. The average Bonchev–Trinajstić information content (AvgIpc) is 2.87. The Hall–Kier alpha value is -0.710. The third kappa shape index (κ3) is 4.38. The van der Waals surface area contributed by atoms with Crippen LogP contribution in [0.15, 0.2) is 34.1 Å². The number of rotatable bonds is 5. The summed E-state index contributed by atoms with van der Waals surface area (Å²) in [6, 6.07) is 8.47. The third-order valence-electron chi connectivity index (χ3n) is 3.54. The molecular formula is C17H23BrN2S. The molecule has 0 aliphatic heterocycles. The Labute approximate surface area is 140 Å². The van der Waals surface area contributed by atoms with E-state index >= 15 is 0 Å². The van der Waals surface area contributed by atoms with Gasteiger partial charge in [0.2, 0.25) is 0 Å². The predicted octanol–water partition coefficient (Wildman–Crippen LogP) is 4.75. The molecule has 0 aliphatic carbocycles. The maximum Gasteiger partial charge on any atom is 0.0935 e. The minimum absolute atomic E-state index is 0.126. The van der Waals surface area contributed by atoms with Crippen LogP contribution in [-0.2, 0) is 11.8 Å². The van der Waals surface area contributed by atoms with Crippen LogP contribution >= 0.6 is 27.3 Å². The van der Waals surface area contributed by atoms with Gasteiger partial charge in [-0.3, -0.25) is 0 Å². The van der Waals surface area contributed by atoms with E-state index in [1.54, 1.807) is 11.3 Å². The molecule has 0 saturated carbocycles. The summed E-state index contributed by atoms with van der Waals surface area (Å²) < 4.78 is 1.18. The van der Waals surface area contributed by atoms with Gasteiger partial charge < -0.3 is 5.32 Å². The van der Waals surface area contributed by atoms with Crippen molar-refractivity contribution in [3.63, 3.8) is 0 Å². The smallest absolute Gasteiger partial charge is 0.0935 e. The second-order valence-electron chi connectivity index (χ2n) is 6.36. The van der Waals surface area contributed by atoms with E-state index in [4.69, 9.17) is 4.98 Å². The summed E-state index contributed by atoms with van der Waals surface area (Å²) in [5, 5.41) is 6.73. The number of nitrogens with one attached hydrogen (secondary N) is 1. The molecular weight excluding hydrogens is 344 g/mol. The fourth-order valence-electron chi connectivity index (χ4n) is 2.30. The minimum atomic E-state index is 0.126. The highest BCUT2D eigenvalue weighted by Crippen LogP contribution is 2.30. The maximum absolute atomic E-state index is 4.83. The number of likely N-dealkylation sites (N-methyl/N-ethyl adjacent to an activating group) is 1. The van der Waals surface area contributed by atoms with E-state index in [0.717, 1.165) is 13.0 Å². The van der Waals surface area contributed by atoms with Crippen LogP contribution in [0.5, 0.6) is 0 Å². The van der Waals surface area contributed by atoms with E-state index in [2.05, 4.69) is 71.7 Å².